The van der Waals surface area contributed by atoms with Gasteiger partial charge in [0.25, 0.3) is 0 Å². The van der Waals surface area contributed by atoms with Gasteiger partial charge >= 0.3 is 0 Å². The molecule has 1 aromatic carbocycles. The Kier molecular flexibility index (Phi) is 2.81. The summed E-state index contributed by atoms with van der Waals surface area (Å²) >= 11 is 0. The summed E-state index contributed by atoms with van der Waals surface area (Å²) in [5.74, 6) is -2.86. The summed E-state index contributed by atoms with van der Waals surface area (Å²) in [5.41, 5.74) is -0.788. The van der Waals surface area contributed by atoms with E-state index in [2.05, 4.69) is 5.32 Å². The molecule has 0 amide bonds. The highest BCUT2D eigenvalue weighted by molar-refractivity contribution is 5.48. The maximum atomic E-state index is 13.4. The van der Waals surface area contributed by atoms with Gasteiger partial charge in [0.05, 0.1) is 6.10 Å². The van der Waals surface area contributed by atoms with Crippen LogP contribution in [0.25, 0.3) is 0 Å². The van der Waals surface area contributed by atoms with Gasteiger partial charge in [0.2, 0.25) is 0 Å². The van der Waals surface area contributed by atoms with Gasteiger partial charge in [0.15, 0.2) is 11.6 Å². The molecular formula is C12H14F3NO. The topological polar surface area (TPSA) is 32.3 Å². The SMILES string of the molecule is CC1(C)C(O)CC1Nc1c(F)cc(F)cc1F. The second-order valence-corrected chi connectivity index (χ2v) is 5.01. The number of rotatable bonds is 2. The van der Waals surface area contributed by atoms with Gasteiger partial charge in [0.1, 0.15) is 11.5 Å². The summed E-state index contributed by atoms with van der Waals surface area (Å²) in [7, 11) is 0. The molecule has 0 saturated heterocycles. The highest BCUT2D eigenvalue weighted by atomic mass is 19.1. The van der Waals surface area contributed by atoms with Crippen molar-refractivity contribution < 1.29 is 18.3 Å². The van der Waals surface area contributed by atoms with Crippen molar-refractivity contribution in [2.45, 2.75) is 32.4 Å². The van der Waals surface area contributed by atoms with Crippen LogP contribution in [0.4, 0.5) is 18.9 Å². The number of halogens is 3. The molecule has 0 aromatic heterocycles. The van der Waals surface area contributed by atoms with Crippen molar-refractivity contribution in [3.05, 3.63) is 29.6 Å². The molecule has 17 heavy (non-hydrogen) atoms. The molecule has 0 heterocycles. The van der Waals surface area contributed by atoms with Crippen molar-refractivity contribution in [2.24, 2.45) is 5.41 Å². The van der Waals surface area contributed by atoms with Crippen LogP contribution in [0, 0.1) is 22.9 Å². The third-order valence-electron chi connectivity index (χ3n) is 3.54. The zero-order valence-corrected chi connectivity index (χ0v) is 9.60. The van der Waals surface area contributed by atoms with Gasteiger partial charge in [-0.15, -0.1) is 0 Å². The van der Waals surface area contributed by atoms with E-state index in [1.54, 1.807) is 13.8 Å². The van der Waals surface area contributed by atoms with Crippen molar-refractivity contribution in [2.75, 3.05) is 5.32 Å². The quantitative estimate of drug-likeness (QED) is 0.839. The van der Waals surface area contributed by atoms with E-state index in [9.17, 15) is 18.3 Å². The average Bonchev–Trinajstić information content (AvgIpc) is 2.21. The average molecular weight is 245 g/mol. The lowest BCUT2D eigenvalue weighted by molar-refractivity contribution is -0.0512. The van der Waals surface area contributed by atoms with E-state index in [1.807, 2.05) is 0 Å². The molecule has 2 nitrogen and oxygen atoms in total. The first-order chi connectivity index (χ1) is 7.82. The first kappa shape index (κ1) is 12.2. The molecule has 1 saturated carbocycles. The molecule has 0 bridgehead atoms. The van der Waals surface area contributed by atoms with Crippen molar-refractivity contribution in [1.82, 2.24) is 0 Å². The molecule has 5 heteroatoms. The summed E-state index contributed by atoms with van der Waals surface area (Å²) in [4.78, 5) is 0. The van der Waals surface area contributed by atoms with Crippen LogP contribution in [0.1, 0.15) is 20.3 Å². The monoisotopic (exact) mass is 245 g/mol. The minimum absolute atomic E-state index is 0.230. The zero-order valence-electron chi connectivity index (χ0n) is 9.60. The van der Waals surface area contributed by atoms with Crippen LogP contribution in [-0.4, -0.2) is 17.3 Å². The van der Waals surface area contributed by atoms with Crippen LogP contribution in [-0.2, 0) is 0 Å². The van der Waals surface area contributed by atoms with Gasteiger partial charge in [-0.3, -0.25) is 0 Å². The maximum absolute atomic E-state index is 13.4. The van der Waals surface area contributed by atoms with Crippen molar-refractivity contribution >= 4 is 5.69 Å². The summed E-state index contributed by atoms with van der Waals surface area (Å²) in [6.07, 6.45) is -0.0740. The Hall–Kier alpha value is -1.23. The van der Waals surface area contributed by atoms with Crippen LogP contribution < -0.4 is 5.32 Å². The molecule has 94 valence electrons. The van der Waals surface area contributed by atoms with Gasteiger partial charge in [-0.1, -0.05) is 13.8 Å². The first-order valence-electron chi connectivity index (χ1n) is 5.41. The molecule has 1 aliphatic carbocycles. The van der Waals surface area contributed by atoms with Crippen LogP contribution in [0.15, 0.2) is 12.1 Å². The number of hydrogen-bond donors (Lipinski definition) is 2. The van der Waals surface area contributed by atoms with E-state index < -0.39 is 29.0 Å². The number of aliphatic hydroxyl groups is 1. The molecular weight excluding hydrogens is 231 g/mol. The number of hydrogen-bond acceptors (Lipinski definition) is 2. The minimum Gasteiger partial charge on any atom is -0.392 e. The third kappa shape index (κ3) is 1.99. The van der Waals surface area contributed by atoms with Gasteiger partial charge in [-0.25, -0.2) is 13.2 Å². The fourth-order valence-electron chi connectivity index (χ4n) is 2.00. The highest BCUT2D eigenvalue weighted by Crippen LogP contribution is 2.42. The summed E-state index contributed by atoms with van der Waals surface area (Å²) in [5, 5.41) is 12.2. The fourth-order valence-corrected chi connectivity index (χ4v) is 2.00. The molecule has 0 radical (unpaired) electrons. The standard InChI is InChI=1S/C12H14F3NO/c1-12(2)9(5-10(12)17)16-11-7(14)3-6(13)4-8(11)15/h3-4,9-10,16-17H,5H2,1-2H3. The Labute approximate surface area is 97.5 Å². The van der Waals surface area contributed by atoms with Gasteiger partial charge in [-0.05, 0) is 6.42 Å². The number of benzene rings is 1. The molecule has 2 unspecified atom stereocenters. The normalized spacial score (nSPS) is 26.5. The van der Waals surface area contributed by atoms with Crippen molar-refractivity contribution in [1.29, 1.82) is 0 Å². The number of anilines is 1. The van der Waals surface area contributed by atoms with Crippen LogP contribution in [0.2, 0.25) is 0 Å². The molecule has 2 rings (SSSR count). The zero-order chi connectivity index (χ0) is 12.8. The summed E-state index contributed by atoms with van der Waals surface area (Å²) in [6, 6.07) is 1.04. The van der Waals surface area contributed by atoms with E-state index in [1.165, 1.54) is 0 Å². The van der Waals surface area contributed by atoms with Gasteiger partial charge in [-0.2, -0.15) is 0 Å². The van der Waals surface area contributed by atoms with Crippen LogP contribution in [0.3, 0.4) is 0 Å². The molecule has 0 spiro atoms. The molecule has 0 aliphatic heterocycles. The van der Waals surface area contributed by atoms with E-state index in [4.69, 9.17) is 0 Å². The van der Waals surface area contributed by atoms with Gasteiger partial charge < -0.3 is 10.4 Å². The molecule has 1 fully saturated rings. The van der Waals surface area contributed by atoms with Crippen LogP contribution >= 0.6 is 0 Å². The summed E-state index contributed by atoms with van der Waals surface area (Å²) < 4.78 is 39.5. The second-order valence-electron chi connectivity index (χ2n) is 5.01. The summed E-state index contributed by atoms with van der Waals surface area (Å²) in [6.45, 7) is 3.61. The van der Waals surface area contributed by atoms with Crippen molar-refractivity contribution in [3.8, 4) is 0 Å². The molecule has 1 aromatic rings. The van der Waals surface area contributed by atoms with E-state index in [-0.39, 0.29) is 11.7 Å². The highest BCUT2D eigenvalue weighted by Gasteiger charge is 2.47. The smallest absolute Gasteiger partial charge is 0.152 e. The fraction of sp³-hybridized carbons (Fsp3) is 0.500. The Bertz CT molecular complexity index is 424. The molecule has 1 aliphatic rings. The number of aliphatic hydroxyl groups excluding tert-OH is 1. The Balaban J connectivity index is 2.21. The van der Waals surface area contributed by atoms with E-state index in [0.717, 1.165) is 0 Å². The predicted molar refractivity (Wildman–Crippen MR) is 58.1 cm³/mol. The Morgan fingerprint density at radius 1 is 1.24 bits per heavy atom. The Morgan fingerprint density at radius 2 is 1.76 bits per heavy atom. The predicted octanol–water partition coefficient (Wildman–Crippen LogP) is 2.68. The maximum Gasteiger partial charge on any atom is 0.152 e. The lowest BCUT2D eigenvalue weighted by atomic mass is 9.64. The second kappa shape index (κ2) is 3.91. The van der Waals surface area contributed by atoms with Gasteiger partial charge in [0, 0.05) is 23.6 Å². The van der Waals surface area contributed by atoms with Crippen molar-refractivity contribution in [3.63, 3.8) is 0 Å². The van der Waals surface area contributed by atoms with Crippen LogP contribution in [0.5, 0.6) is 0 Å². The number of nitrogens with one attached hydrogen (secondary N) is 1. The lowest BCUT2D eigenvalue weighted by Gasteiger charge is -2.49. The molecule has 2 atom stereocenters. The molecule has 2 N–H and O–H groups in total. The Morgan fingerprint density at radius 3 is 2.18 bits per heavy atom. The lowest BCUT2D eigenvalue weighted by Crippen LogP contribution is -2.57. The van der Waals surface area contributed by atoms with E-state index in [0.29, 0.717) is 18.6 Å². The first-order valence-corrected chi connectivity index (χ1v) is 5.41. The largest absolute Gasteiger partial charge is 0.392 e. The minimum atomic E-state index is -0.959. The van der Waals surface area contributed by atoms with E-state index >= 15 is 0 Å². The third-order valence-corrected chi connectivity index (χ3v) is 3.54.